The van der Waals surface area contributed by atoms with Crippen molar-refractivity contribution < 1.29 is 4.79 Å². The van der Waals surface area contributed by atoms with E-state index in [4.69, 9.17) is 0 Å². The molecule has 1 N–H and O–H groups in total. The summed E-state index contributed by atoms with van der Waals surface area (Å²) in [5.41, 5.74) is -0.186. The van der Waals surface area contributed by atoms with Gasteiger partial charge in [0, 0.05) is 11.4 Å². The van der Waals surface area contributed by atoms with E-state index in [0.29, 0.717) is 5.91 Å². The van der Waals surface area contributed by atoms with Crippen molar-refractivity contribution in [1.82, 2.24) is 10.2 Å². The fourth-order valence-electron chi connectivity index (χ4n) is 3.28. The standard InChI is InChI=1S/C15H20N2OS/c18-14-15(7-8-15)16-13(12-5-2-10-19-12)17(14)9-6-11-3-1-4-11/h2,5,10-11,13,16H,1,3-4,6-9H2. The van der Waals surface area contributed by atoms with E-state index >= 15 is 0 Å². The Bertz CT molecular complexity index is 476. The number of thiophene rings is 1. The van der Waals surface area contributed by atoms with Crippen LogP contribution in [0.3, 0.4) is 0 Å². The molecule has 2 saturated carbocycles. The van der Waals surface area contributed by atoms with Crippen molar-refractivity contribution in [2.75, 3.05) is 6.54 Å². The SMILES string of the molecule is O=C1N(CCC2CCC2)C(c2cccs2)NC12CC2. The highest BCUT2D eigenvalue weighted by Crippen LogP contribution is 2.47. The normalized spacial score (nSPS) is 28.9. The molecule has 4 heteroatoms. The molecule has 1 spiro atoms. The van der Waals surface area contributed by atoms with E-state index < -0.39 is 0 Å². The van der Waals surface area contributed by atoms with Gasteiger partial charge in [-0.25, -0.2) is 0 Å². The van der Waals surface area contributed by atoms with Crippen molar-refractivity contribution in [3.8, 4) is 0 Å². The average molecular weight is 276 g/mol. The monoisotopic (exact) mass is 276 g/mol. The summed E-state index contributed by atoms with van der Waals surface area (Å²) < 4.78 is 0. The molecule has 0 bridgehead atoms. The van der Waals surface area contributed by atoms with E-state index in [9.17, 15) is 4.79 Å². The van der Waals surface area contributed by atoms with Gasteiger partial charge in [-0.15, -0.1) is 11.3 Å². The molecule has 19 heavy (non-hydrogen) atoms. The third-order valence-corrected chi connectivity index (χ3v) is 5.89. The molecule has 1 saturated heterocycles. The highest BCUT2D eigenvalue weighted by Gasteiger charge is 2.59. The van der Waals surface area contributed by atoms with Crippen LogP contribution in [0.4, 0.5) is 0 Å². The van der Waals surface area contributed by atoms with Crippen LogP contribution in [0.2, 0.25) is 0 Å². The molecule has 4 rings (SSSR count). The van der Waals surface area contributed by atoms with E-state index in [0.717, 1.165) is 25.3 Å². The summed E-state index contributed by atoms with van der Waals surface area (Å²) >= 11 is 1.75. The number of hydrogen-bond acceptors (Lipinski definition) is 3. The van der Waals surface area contributed by atoms with E-state index in [1.807, 2.05) is 0 Å². The molecular formula is C15H20N2OS. The van der Waals surface area contributed by atoms with Gasteiger partial charge in [-0.2, -0.15) is 0 Å². The summed E-state index contributed by atoms with van der Waals surface area (Å²) in [6, 6.07) is 4.22. The summed E-state index contributed by atoms with van der Waals surface area (Å²) in [6.45, 7) is 0.931. The minimum Gasteiger partial charge on any atom is -0.320 e. The molecular weight excluding hydrogens is 256 g/mol. The fourth-order valence-corrected chi connectivity index (χ4v) is 4.07. The van der Waals surface area contributed by atoms with Gasteiger partial charge in [-0.3, -0.25) is 10.1 Å². The molecule has 1 aliphatic heterocycles. The Labute approximate surface area is 118 Å². The van der Waals surface area contributed by atoms with Crippen molar-refractivity contribution in [3.63, 3.8) is 0 Å². The lowest BCUT2D eigenvalue weighted by molar-refractivity contribution is -0.131. The largest absolute Gasteiger partial charge is 0.320 e. The van der Waals surface area contributed by atoms with Crippen molar-refractivity contribution in [2.24, 2.45) is 5.92 Å². The van der Waals surface area contributed by atoms with Crippen LogP contribution in [-0.4, -0.2) is 22.9 Å². The molecule has 2 aliphatic carbocycles. The fraction of sp³-hybridized carbons (Fsp3) is 0.667. The molecule has 1 atom stereocenters. The lowest BCUT2D eigenvalue weighted by Gasteiger charge is -2.29. The summed E-state index contributed by atoms with van der Waals surface area (Å²) in [5.74, 6) is 1.22. The van der Waals surface area contributed by atoms with Crippen molar-refractivity contribution in [2.45, 2.75) is 50.2 Å². The Balaban J connectivity index is 1.52. The smallest absolute Gasteiger partial charge is 0.244 e. The van der Waals surface area contributed by atoms with Crippen molar-refractivity contribution >= 4 is 17.2 Å². The second-order valence-electron chi connectivity index (χ2n) is 6.23. The van der Waals surface area contributed by atoms with Crippen LogP contribution >= 0.6 is 11.3 Å². The van der Waals surface area contributed by atoms with E-state index in [1.54, 1.807) is 11.3 Å². The van der Waals surface area contributed by atoms with Crippen LogP contribution in [0.25, 0.3) is 0 Å². The number of amides is 1. The van der Waals surface area contributed by atoms with Crippen LogP contribution in [0, 0.1) is 5.92 Å². The minimum atomic E-state index is -0.186. The van der Waals surface area contributed by atoms with Gasteiger partial charge >= 0.3 is 0 Å². The Morgan fingerprint density at radius 2 is 2.26 bits per heavy atom. The minimum absolute atomic E-state index is 0.134. The maximum Gasteiger partial charge on any atom is 0.244 e. The summed E-state index contributed by atoms with van der Waals surface area (Å²) in [5, 5.41) is 5.69. The first-order valence-corrected chi connectivity index (χ1v) is 8.29. The van der Waals surface area contributed by atoms with Crippen LogP contribution in [0.15, 0.2) is 17.5 Å². The summed E-state index contributed by atoms with van der Waals surface area (Å²) in [7, 11) is 0. The third-order valence-electron chi connectivity index (χ3n) is 4.96. The first-order chi connectivity index (χ1) is 9.28. The van der Waals surface area contributed by atoms with Gasteiger partial charge in [0.25, 0.3) is 0 Å². The zero-order valence-corrected chi connectivity index (χ0v) is 11.9. The maximum atomic E-state index is 12.6. The van der Waals surface area contributed by atoms with Gasteiger partial charge in [0.05, 0.1) is 0 Å². The number of nitrogens with zero attached hydrogens (tertiary/aromatic N) is 1. The number of carbonyl (C=O) groups excluding carboxylic acids is 1. The van der Waals surface area contributed by atoms with Gasteiger partial charge in [0.2, 0.25) is 5.91 Å². The summed E-state index contributed by atoms with van der Waals surface area (Å²) in [4.78, 5) is 16.0. The lowest BCUT2D eigenvalue weighted by atomic mass is 9.83. The van der Waals surface area contributed by atoms with E-state index in [1.165, 1.54) is 30.6 Å². The molecule has 2 heterocycles. The van der Waals surface area contributed by atoms with Gasteiger partial charge in [0.1, 0.15) is 11.7 Å². The Hall–Kier alpha value is -0.870. The quantitative estimate of drug-likeness (QED) is 0.917. The van der Waals surface area contributed by atoms with E-state index in [-0.39, 0.29) is 11.7 Å². The van der Waals surface area contributed by atoms with Gasteiger partial charge in [0.15, 0.2) is 0 Å². The average Bonchev–Trinajstić information content (AvgIpc) is 2.83. The van der Waals surface area contributed by atoms with Crippen molar-refractivity contribution in [1.29, 1.82) is 0 Å². The number of carbonyl (C=O) groups is 1. The van der Waals surface area contributed by atoms with Crippen LogP contribution in [0.5, 0.6) is 0 Å². The first-order valence-electron chi connectivity index (χ1n) is 7.41. The molecule has 1 aromatic heterocycles. The zero-order chi connectivity index (χ0) is 12.9. The Morgan fingerprint density at radius 3 is 2.84 bits per heavy atom. The van der Waals surface area contributed by atoms with Crippen LogP contribution in [0.1, 0.15) is 49.6 Å². The first kappa shape index (κ1) is 11.9. The van der Waals surface area contributed by atoms with Crippen molar-refractivity contribution in [3.05, 3.63) is 22.4 Å². The molecule has 1 unspecified atom stereocenters. The molecule has 1 amide bonds. The molecule has 1 aromatic rings. The summed E-state index contributed by atoms with van der Waals surface area (Å²) in [6.07, 6.45) is 7.48. The molecule has 0 aromatic carbocycles. The molecule has 3 aliphatic rings. The van der Waals surface area contributed by atoms with E-state index in [2.05, 4.69) is 27.7 Å². The van der Waals surface area contributed by atoms with Gasteiger partial charge < -0.3 is 4.90 Å². The van der Waals surface area contributed by atoms with Crippen LogP contribution < -0.4 is 5.32 Å². The molecule has 0 radical (unpaired) electrons. The Kier molecular flexibility index (Phi) is 2.71. The maximum absolute atomic E-state index is 12.6. The third kappa shape index (κ3) is 1.93. The highest BCUT2D eigenvalue weighted by molar-refractivity contribution is 7.10. The predicted octanol–water partition coefficient (Wildman–Crippen LogP) is 2.90. The van der Waals surface area contributed by atoms with Gasteiger partial charge in [-0.1, -0.05) is 25.3 Å². The number of rotatable bonds is 4. The lowest BCUT2D eigenvalue weighted by Crippen LogP contribution is -2.34. The number of hydrogen-bond donors (Lipinski definition) is 1. The highest BCUT2D eigenvalue weighted by atomic mass is 32.1. The van der Waals surface area contributed by atoms with Crippen LogP contribution in [-0.2, 0) is 4.79 Å². The molecule has 3 fully saturated rings. The van der Waals surface area contributed by atoms with Gasteiger partial charge in [-0.05, 0) is 36.6 Å². The number of nitrogens with one attached hydrogen (secondary N) is 1. The topological polar surface area (TPSA) is 32.3 Å². The second-order valence-corrected chi connectivity index (χ2v) is 7.21. The predicted molar refractivity (Wildman–Crippen MR) is 75.8 cm³/mol. The second kappa shape index (κ2) is 4.32. The zero-order valence-electron chi connectivity index (χ0n) is 11.1. The molecule has 3 nitrogen and oxygen atoms in total. The Morgan fingerprint density at radius 1 is 1.42 bits per heavy atom. The molecule has 102 valence electrons.